The summed E-state index contributed by atoms with van der Waals surface area (Å²) in [5, 5.41) is 7.55. The van der Waals surface area contributed by atoms with Gasteiger partial charge in [0.15, 0.2) is 5.82 Å². The Kier molecular flexibility index (Phi) is 7.25. The second kappa shape index (κ2) is 12.6. The van der Waals surface area contributed by atoms with Crippen LogP contribution in [0.25, 0.3) is 107 Å². The lowest BCUT2D eigenvalue weighted by Crippen LogP contribution is -1.96. The molecule has 54 heavy (non-hydrogen) atoms. The molecule has 0 spiro atoms. The zero-order valence-corrected chi connectivity index (χ0v) is 30.7. The van der Waals surface area contributed by atoms with Crippen molar-refractivity contribution >= 4 is 73.8 Å². The minimum absolute atomic E-state index is 0.715. The predicted octanol–water partition coefficient (Wildman–Crippen LogP) is 14.7. The fraction of sp³-hybridized carbons (Fsp3) is 0. The average Bonchev–Trinajstić information content (AvgIpc) is 3.81. The van der Waals surface area contributed by atoms with E-state index in [2.05, 4.69) is 182 Å². The van der Waals surface area contributed by atoms with Crippen molar-refractivity contribution in [3.05, 3.63) is 182 Å². The van der Waals surface area contributed by atoms with E-state index < -0.39 is 0 Å². The van der Waals surface area contributed by atoms with Crippen LogP contribution in [-0.2, 0) is 0 Å². The number of hydrogen-bond acceptors (Lipinski definition) is 4. The first-order chi connectivity index (χ1) is 26.7. The van der Waals surface area contributed by atoms with Gasteiger partial charge in [0.05, 0.1) is 11.4 Å². The Balaban J connectivity index is 1.14. The van der Waals surface area contributed by atoms with Gasteiger partial charge in [0.2, 0.25) is 0 Å². The number of hydrogen-bond donors (Lipinski definition) is 0. The molecule has 0 aliphatic heterocycles. The van der Waals surface area contributed by atoms with E-state index in [0.29, 0.717) is 5.82 Å². The van der Waals surface area contributed by atoms with E-state index in [1.54, 1.807) is 0 Å². The van der Waals surface area contributed by atoms with Crippen LogP contribution in [0.3, 0.4) is 0 Å². The lowest BCUT2D eigenvalue weighted by Gasteiger charge is -2.14. The van der Waals surface area contributed by atoms with Crippen molar-refractivity contribution in [3.63, 3.8) is 0 Å². The van der Waals surface area contributed by atoms with Crippen LogP contribution in [-0.4, -0.2) is 9.97 Å². The summed E-state index contributed by atoms with van der Waals surface area (Å²) < 4.78 is 5.17. The normalized spacial score (nSPS) is 11.7. The molecule has 0 fully saturated rings. The molecular weight excluding hydrogens is 693 g/mol. The highest BCUT2D eigenvalue weighted by molar-refractivity contribution is 7.26. The zero-order valence-electron chi connectivity index (χ0n) is 29.0. The van der Waals surface area contributed by atoms with Gasteiger partial charge < -0.3 is 0 Å². The number of fused-ring (bicyclic) bond motifs is 7. The van der Waals surface area contributed by atoms with Crippen molar-refractivity contribution in [3.8, 4) is 56.2 Å². The van der Waals surface area contributed by atoms with Gasteiger partial charge in [-0.05, 0) is 106 Å². The van der Waals surface area contributed by atoms with Gasteiger partial charge in [-0.25, -0.2) is 9.97 Å². The summed E-state index contributed by atoms with van der Waals surface area (Å²) in [6.45, 7) is 0. The largest absolute Gasteiger partial charge is 0.228 e. The van der Waals surface area contributed by atoms with Gasteiger partial charge >= 0.3 is 0 Å². The third-order valence-electron chi connectivity index (χ3n) is 10.5. The molecule has 0 radical (unpaired) electrons. The molecule has 252 valence electrons. The van der Waals surface area contributed by atoms with E-state index in [1.807, 2.05) is 22.7 Å². The van der Waals surface area contributed by atoms with E-state index in [0.717, 1.165) is 39.2 Å². The smallest absolute Gasteiger partial charge is 0.160 e. The fourth-order valence-electron chi connectivity index (χ4n) is 7.73. The quantitative estimate of drug-likeness (QED) is 0.177. The van der Waals surface area contributed by atoms with Crippen molar-refractivity contribution in [1.29, 1.82) is 0 Å². The Morgan fingerprint density at radius 1 is 0.278 bits per heavy atom. The van der Waals surface area contributed by atoms with Crippen LogP contribution >= 0.6 is 22.7 Å². The van der Waals surface area contributed by atoms with Crippen LogP contribution in [0.2, 0.25) is 0 Å². The molecule has 0 atom stereocenters. The standard InChI is InChI=1S/C50H30N2S2/c1-2-11-32(12-3-1)44-30-45(52-50(51-44)36-21-23-49-43(29-36)41-15-7-9-17-47(41)54-49)39-26-37(34-19-18-31-10-4-5-13-33(31)24-34)25-38(27-39)35-20-22-48-42(28-35)40-14-6-8-16-46(40)53-48/h1-30H. The summed E-state index contributed by atoms with van der Waals surface area (Å²) in [5.74, 6) is 0.715. The molecule has 11 rings (SSSR count). The lowest BCUT2D eigenvalue weighted by molar-refractivity contribution is 1.18. The number of aromatic nitrogens is 2. The molecule has 4 heteroatoms. The Labute approximate surface area is 320 Å². The summed E-state index contributed by atoms with van der Waals surface area (Å²) in [5.41, 5.74) is 9.56. The van der Waals surface area contributed by atoms with Gasteiger partial charge in [-0.1, -0.05) is 109 Å². The first kappa shape index (κ1) is 31.1. The van der Waals surface area contributed by atoms with Crippen molar-refractivity contribution < 1.29 is 0 Å². The lowest BCUT2D eigenvalue weighted by atomic mass is 9.93. The molecule has 0 unspecified atom stereocenters. The van der Waals surface area contributed by atoms with Gasteiger partial charge in [0, 0.05) is 57.0 Å². The number of rotatable bonds is 5. The highest BCUT2D eigenvalue weighted by Gasteiger charge is 2.16. The van der Waals surface area contributed by atoms with Gasteiger partial charge in [-0.2, -0.15) is 0 Å². The first-order valence-corrected chi connectivity index (χ1v) is 19.8. The maximum atomic E-state index is 5.37. The van der Waals surface area contributed by atoms with Crippen LogP contribution in [0.15, 0.2) is 182 Å². The molecule has 8 aromatic carbocycles. The van der Waals surface area contributed by atoms with Crippen LogP contribution in [0.4, 0.5) is 0 Å². The molecular formula is C50H30N2S2. The summed E-state index contributed by atoms with van der Waals surface area (Å²) in [4.78, 5) is 10.6. The van der Waals surface area contributed by atoms with Gasteiger partial charge in [0.25, 0.3) is 0 Å². The number of thiophene rings is 2. The molecule has 0 aliphatic rings. The predicted molar refractivity (Wildman–Crippen MR) is 232 cm³/mol. The van der Waals surface area contributed by atoms with E-state index in [1.165, 1.54) is 62.2 Å². The summed E-state index contributed by atoms with van der Waals surface area (Å²) in [7, 11) is 0. The van der Waals surface area contributed by atoms with E-state index >= 15 is 0 Å². The molecule has 2 nitrogen and oxygen atoms in total. The van der Waals surface area contributed by atoms with E-state index in [4.69, 9.17) is 9.97 Å². The summed E-state index contributed by atoms with van der Waals surface area (Å²) in [6.07, 6.45) is 0. The van der Waals surface area contributed by atoms with Gasteiger partial charge in [-0.3, -0.25) is 0 Å². The molecule has 0 aliphatic carbocycles. The number of nitrogens with zero attached hydrogens (tertiary/aromatic N) is 2. The van der Waals surface area contributed by atoms with Gasteiger partial charge in [-0.15, -0.1) is 22.7 Å². The molecule has 3 heterocycles. The van der Waals surface area contributed by atoms with Crippen molar-refractivity contribution in [1.82, 2.24) is 9.97 Å². The molecule has 0 amide bonds. The molecule has 11 aromatic rings. The van der Waals surface area contributed by atoms with Crippen molar-refractivity contribution in [2.24, 2.45) is 0 Å². The molecule has 0 N–H and O–H groups in total. The van der Waals surface area contributed by atoms with Crippen LogP contribution < -0.4 is 0 Å². The second-order valence-electron chi connectivity index (χ2n) is 13.8. The second-order valence-corrected chi connectivity index (χ2v) is 16.0. The molecule has 3 aromatic heterocycles. The fourth-order valence-corrected chi connectivity index (χ4v) is 9.90. The van der Waals surface area contributed by atoms with Crippen LogP contribution in [0.1, 0.15) is 0 Å². The van der Waals surface area contributed by atoms with Crippen LogP contribution in [0.5, 0.6) is 0 Å². The molecule has 0 bridgehead atoms. The number of benzene rings is 8. The SMILES string of the molecule is c1ccc(-c2cc(-c3cc(-c4ccc5ccccc5c4)cc(-c4ccc5sc6ccccc6c5c4)c3)nc(-c3ccc4sc5ccccc5c4c3)n2)cc1. The Bertz CT molecular complexity index is 3230. The molecule has 0 saturated heterocycles. The third-order valence-corrected chi connectivity index (χ3v) is 12.8. The highest BCUT2D eigenvalue weighted by Crippen LogP contribution is 2.40. The topological polar surface area (TPSA) is 25.8 Å². The van der Waals surface area contributed by atoms with Gasteiger partial charge in [0.1, 0.15) is 0 Å². The minimum Gasteiger partial charge on any atom is -0.228 e. The highest BCUT2D eigenvalue weighted by atomic mass is 32.1. The summed E-state index contributed by atoms with van der Waals surface area (Å²) in [6, 6.07) is 65.8. The van der Waals surface area contributed by atoms with E-state index in [9.17, 15) is 0 Å². The first-order valence-electron chi connectivity index (χ1n) is 18.1. The monoisotopic (exact) mass is 722 g/mol. The Morgan fingerprint density at radius 3 is 1.48 bits per heavy atom. The zero-order chi connectivity index (χ0) is 35.6. The van der Waals surface area contributed by atoms with E-state index in [-0.39, 0.29) is 0 Å². The van der Waals surface area contributed by atoms with Crippen molar-refractivity contribution in [2.75, 3.05) is 0 Å². The average molecular weight is 723 g/mol. The Hall–Kier alpha value is -6.46. The Morgan fingerprint density at radius 2 is 0.778 bits per heavy atom. The third kappa shape index (κ3) is 5.38. The van der Waals surface area contributed by atoms with Crippen molar-refractivity contribution in [2.45, 2.75) is 0 Å². The minimum atomic E-state index is 0.715. The maximum Gasteiger partial charge on any atom is 0.160 e. The molecule has 0 saturated carbocycles. The summed E-state index contributed by atoms with van der Waals surface area (Å²) >= 11 is 3.68. The van der Waals surface area contributed by atoms with Crippen LogP contribution in [0, 0.1) is 0 Å². The maximum absolute atomic E-state index is 5.37.